The van der Waals surface area contributed by atoms with E-state index in [0.717, 1.165) is 24.3 Å². The van der Waals surface area contributed by atoms with Crippen molar-refractivity contribution in [2.75, 3.05) is 11.9 Å². The van der Waals surface area contributed by atoms with E-state index >= 15 is 0 Å². The van der Waals surface area contributed by atoms with Gasteiger partial charge in [0.2, 0.25) is 5.91 Å². The minimum absolute atomic E-state index is 0.0521. The van der Waals surface area contributed by atoms with Crippen molar-refractivity contribution in [2.45, 2.75) is 33.1 Å². The molecule has 0 spiro atoms. The summed E-state index contributed by atoms with van der Waals surface area (Å²) in [5.41, 5.74) is 3.35. The van der Waals surface area contributed by atoms with Crippen molar-refractivity contribution in [1.29, 1.82) is 0 Å². The third kappa shape index (κ3) is 5.24. The Morgan fingerprint density at radius 3 is 2.36 bits per heavy atom. The number of amides is 1. The standard InChI is InChI=1S/C19H23NO2/c1-3-22-18-13-11-17(12-14-18)20-19(21)6-4-5-16-9-7-15(2)8-10-16/h7-14H,3-6H2,1-2H3,(H,20,21). The molecule has 0 aromatic heterocycles. The van der Waals surface area contributed by atoms with Gasteiger partial charge in [0.05, 0.1) is 6.61 Å². The first-order valence-electron chi connectivity index (χ1n) is 7.75. The van der Waals surface area contributed by atoms with Gasteiger partial charge in [-0.1, -0.05) is 29.8 Å². The van der Waals surface area contributed by atoms with Crippen LogP contribution in [0.25, 0.3) is 0 Å². The summed E-state index contributed by atoms with van der Waals surface area (Å²) in [6.45, 7) is 4.67. The molecule has 2 aromatic rings. The van der Waals surface area contributed by atoms with Crippen LogP contribution in [-0.4, -0.2) is 12.5 Å². The van der Waals surface area contributed by atoms with Crippen molar-refractivity contribution in [3.05, 3.63) is 59.7 Å². The normalized spacial score (nSPS) is 10.3. The van der Waals surface area contributed by atoms with Gasteiger partial charge >= 0.3 is 0 Å². The summed E-state index contributed by atoms with van der Waals surface area (Å²) in [5.74, 6) is 0.871. The van der Waals surface area contributed by atoms with Crippen molar-refractivity contribution >= 4 is 11.6 Å². The molecule has 1 N–H and O–H groups in total. The molecule has 0 aliphatic rings. The molecule has 3 nitrogen and oxygen atoms in total. The molecule has 3 heteroatoms. The number of anilines is 1. The number of benzene rings is 2. The Hall–Kier alpha value is -2.29. The Balaban J connectivity index is 1.74. The van der Waals surface area contributed by atoms with Crippen LogP contribution in [0, 0.1) is 6.92 Å². The number of ether oxygens (including phenoxy) is 1. The fourth-order valence-electron chi connectivity index (χ4n) is 2.23. The molecular weight excluding hydrogens is 274 g/mol. The summed E-state index contributed by atoms with van der Waals surface area (Å²) in [6.07, 6.45) is 2.31. The third-order valence-corrected chi connectivity index (χ3v) is 3.44. The molecule has 1 amide bonds. The first kappa shape index (κ1) is 16.1. The molecule has 116 valence electrons. The highest BCUT2D eigenvalue weighted by Crippen LogP contribution is 2.16. The largest absolute Gasteiger partial charge is 0.494 e. The molecular formula is C19H23NO2. The fraction of sp³-hybridized carbons (Fsp3) is 0.316. The number of rotatable bonds is 7. The number of carbonyl (C=O) groups excluding carboxylic acids is 1. The van der Waals surface area contributed by atoms with Crippen LogP contribution in [0.15, 0.2) is 48.5 Å². The molecule has 0 heterocycles. The smallest absolute Gasteiger partial charge is 0.224 e. The molecule has 0 saturated heterocycles. The summed E-state index contributed by atoms with van der Waals surface area (Å²) < 4.78 is 5.38. The van der Waals surface area contributed by atoms with Crippen LogP contribution in [0.1, 0.15) is 30.9 Å². The summed E-state index contributed by atoms with van der Waals surface area (Å²) in [7, 11) is 0. The second-order valence-corrected chi connectivity index (χ2v) is 5.34. The van der Waals surface area contributed by atoms with E-state index in [9.17, 15) is 4.79 Å². The van der Waals surface area contributed by atoms with E-state index in [2.05, 4.69) is 36.5 Å². The molecule has 2 rings (SSSR count). The van der Waals surface area contributed by atoms with E-state index < -0.39 is 0 Å². The molecule has 22 heavy (non-hydrogen) atoms. The first-order chi connectivity index (χ1) is 10.7. The van der Waals surface area contributed by atoms with Gasteiger partial charge in [-0.3, -0.25) is 4.79 Å². The van der Waals surface area contributed by atoms with Gasteiger partial charge in [-0.15, -0.1) is 0 Å². The van der Waals surface area contributed by atoms with Crippen LogP contribution < -0.4 is 10.1 Å². The molecule has 0 aliphatic heterocycles. The van der Waals surface area contributed by atoms with Gasteiger partial charge < -0.3 is 10.1 Å². The van der Waals surface area contributed by atoms with Gasteiger partial charge in [-0.05, 0) is 56.5 Å². The number of nitrogens with one attached hydrogen (secondary N) is 1. The van der Waals surface area contributed by atoms with Crippen LogP contribution in [0.4, 0.5) is 5.69 Å². The number of hydrogen-bond donors (Lipinski definition) is 1. The van der Waals surface area contributed by atoms with E-state index in [0.29, 0.717) is 13.0 Å². The van der Waals surface area contributed by atoms with Crippen molar-refractivity contribution in [1.82, 2.24) is 0 Å². The predicted octanol–water partition coefficient (Wildman–Crippen LogP) is 4.36. The average molecular weight is 297 g/mol. The van der Waals surface area contributed by atoms with Crippen LogP contribution in [-0.2, 0) is 11.2 Å². The van der Waals surface area contributed by atoms with Crippen molar-refractivity contribution < 1.29 is 9.53 Å². The zero-order valence-corrected chi connectivity index (χ0v) is 13.3. The SMILES string of the molecule is CCOc1ccc(NC(=O)CCCc2ccc(C)cc2)cc1. The number of aryl methyl sites for hydroxylation is 2. The average Bonchev–Trinajstić information content (AvgIpc) is 2.51. The van der Waals surface area contributed by atoms with Crippen LogP contribution in [0.3, 0.4) is 0 Å². The Morgan fingerprint density at radius 2 is 1.73 bits per heavy atom. The fourth-order valence-corrected chi connectivity index (χ4v) is 2.23. The highest BCUT2D eigenvalue weighted by molar-refractivity contribution is 5.90. The van der Waals surface area contributed by atoms with E-state index in [1.54, 1.807) is 0 Å². The van der Waals surface area contributed by atoms with Gasteiger partial charge in [-0.2, -0.15) is 0 Å². The van der Waals surface area contributed by atoms with Crippen molar-refractivity contribution in [2.24, 2.45) is 0 Å². The monoisotopic (exact) mass is 297 g/mol. The summed E-state index contributed by atoms with van der Waals surface area (Å²) >= 11 is 0. The molecule has 0 bridgehead atoms. The Kier molecular flexibility index (Phi) is 6.01. The zero-order valence-electron chi connectivity index (χ0n) is 13.3. The molecule has 0 radical (unpaired) electrons. The van der Waals surface area contributed by atoms with Crippen LogP contribution in [0.5, 0.6) is 5.75 Å². The Bertz CT molecular complexity index is 588. The van der Waals surface area contributed by atoms with Gasteiger partial charge in [0.1, 0.15) is 5.75 Å². The van der Waals surface area contributed by atoms with E-state index in [1.807, 2.05) is 31.2 Å². The third-order valence-electron chi connectivity index (χ3n) is 3.44. The van der Waals surface area contributed by atoms with Gasteiger partial charge in [-0.25, -0.2) is 0 Å². The van der Waals surface area contributed by atoms with Crippen LogP contribution >= 0.6 is 0 Å². The molecule has 2 aromatic carbocycles. The predicted molar refractivity (Wildman–Crippen MR) is 90.4 cm³/mol. The Labute approximate surface area is 132 Å². The lowest BCUT2D eigenvalue weighted by atomic mass is 10.1. The molecule has 0 unspecified atom stereocenters. The maximum Gasteiger partial charge on any atom is 0.224 e. The lowest BCUT2D eigenvalue weighted by Crippen LogP contribution is -2.11. The first-order valence-corrected chi connectivity index (χ1v) is 7.75. The van der Waals surface area contributed by atoms with Crippen molar-refractivity contribution in [3.8, 4) is 5.75 Å². The molecule has 0 atom stereocenters. The second kappa shape index (κ2) is 8.23. The highest BCUT2D eigenvalue weighted by atomic mass is 16.5. The maximum atomic E-state index is 11.9. The lowest BCUT2D eigenvalue weighted by Gasteiger charge is -2.07. The van der Waals surface area contributed by atoms with Gasteiger partial charge in [0.25, 0.3) is 0 Å². The van der Waals surface area contributed by atoms with Gasteiger partial charge in [0.15, 0.2) is 0 Å². The van der Waals surface area contributed by atoms with Crippen LogP contribution in [0.2, 0.25) is 0 Å². The molecule has 0 saturated carbocycles. The van der Waals surface area contributed by atoms with E-state index in [-0.39, 0.29) is 5.91 Å². The minimum atomic E-state index is 0.0521. The second-order valence-electron chi connectivity index (χ2n) is 5.34. The van der Waals surface area contributed by atoms with E-state index in [1.165, 1.54) is 11.1 Å². The van der Waals surface area contributed by atoms with E-state index in [4.69, 9.17) is 4.74 Å². The quantitative estimate of drug-likeness (QED) is 0.825. The molecule has 0 aliphatic carbocycles. The highest BCUT2D eigenvalue weighted by Gasteiger charge is 2.03. The summed E-state index contributed by atoms with van der Waals surface area (Å²) in [5, 5.41) is 2.91. The lowest BCUT2D eigenvalue weighted by molar-refractivity contribution is -0.116. The molecule has 0 fully saturated rings. The zero-order chi connectivity index (χ0) is 15.8. The summed E-state index contributed by atoms with van der Waals surface area (Å²) in [4.78, 5) is 11.9. The number of carbonyl (C=O) groups is 1. The minimum Gasteiger partial charge on any atom is -0.494 e. The topological polar surface area (TPSA) is 38.3 Å². The maximum absolute atomic E-state index is 11.9. The van der Waals surface area contributed by atoms with Gasteiger partial charge in [0, 0.05) is 12.1 Å². The number of hydrogen-bond acceptors (Lipinski definition) is 2. The summed E-state index contributed by atoms with van der Waals surface area (Å²) in [6, 6.07) is 15.9. The Morgan fingerprint density at radius 1 is 1.05 bits per heavy atom. The van der Waals surface area contributed by atoms with Crippen molar-refractivity contribution in [3.63, 3.8) is 0 Å².